The molecule has 90 valence electrons. The molecule has 0 aromatic heterocycles. The molecular formula is C11H9F3N2O. The Morgan fingerprint density at radius 1 is 1.41 bits per heavy atom. The van der Waals surface area contributed by atoms with Gasteiger partial charge in [-0.1, -0.05) is 0 Å². The van der Waals surface area contributed by atoms with Gasteiger partial charge in [-0.15, -0.1) is 12.3 Å². The van der Waals surface area contributed by atoms with E-state index in [1.807, 2.05) is 5.32 Å². The highest BCUT2D eigenvalue weighted by molar-refractivity contribution is 5.95. The minimum Gasteiger partial charge on any atom is -0.320 e. The van der Waals surface area contributed by atoms with Gasteiger partial charge < -0.3 is 11.1 Å². The van der Waals surface area contributed by atoms with Crippen LogP contribution in [0.25, 0.3) is 0 Å². The Hall–Kier alpha value is -2.00. The molecule has 0 aliphatic rings. The summed E-state index contributed by atoms with van der Waals surface area (Å²) in [5, 5.41) is 1.91. The first-order chi connectivity index (χ1) is 7.95. The highest BCUT2D eigenvalue weighted by atomic mass is 19.1. The summed E-state index contributed by atoms with van der Waals surface area (Å²) in [6, 6.07) is -0.180. The van der Waals surface area contributed by atoms with E-state index in [-0.39, 0.29) is 6.42 Å². The lowest BCUT2D eigenvalue weighted by Crippen LogP contribution is -2.35. The van der Waals surface area contributed by atoms with Crippen molar-refractivity contribution in [3.05, 3.63) is 29.6 Å². The number of nitrogens with two attached hydrogens (primary N) is 1. The first-order valence-corrected chi connectivity index (χ1v) is 4.60. The highest BCUT2D eigenvalue weighted by Gasteiger charge is 2.18. The molecule has 0 bridgehead atoms. The molecule has 0 saturated carbocycles. The largest absolute Gasteiger partial charge is 0.320 e. The van der Waals surface area contributed by atoms with Gasteiger partial charge in [0.05, 0.1) is 6.04 Å². The third-order valence-corrected chi connectivity index (χ3v) is 1.93. The molecule has 1 amide bonds. The van der Waals surface area contributed by atoms with E-state index in [9.17, 15) is 18.0 Å². The second-order valence-corrected chi connectivity index (χ2v) is 3.25. The van der Waals surface area contributed by atoms with Gasteiger partial charge in [0, 0.05) is 18.6 Å². The van der Waals surface area contributed by atoms with Gasteiger partial charge in [0.2, 0.25) is 5.91 Å². The average molecular weight is 242 g/mol. The maximum atomic E-state index is 13.1. The number of halogens is 3. The summed E-state index contributed by atoms with van der Waals surface area (Å²) in [4.78, 5) is 11.3. The van der Waals surface area contributed by atoms with Crippen molar-refractivity contribution in [2.75, 3.05) is 5.32 Å². The summed E-state index contributed by atoms with van der Waals surface area (Å²) in [5.74, 6) is -2.22. The molecule has 0 spiro atoms. The van der Waals surface area contributed by atoms with E-state index in [1.165, 1.54) is 0 Å². The van der Waals surface area contributed by atoms with Crippen LogP contribution in [0.1, 0.15) is 6.42 Å². The molecule has 1 unspecified atom stereocenters. The van der Waals surface area contributed by atoms with Crippen LogP contribution in [0.15, 0.2) is 12.1 Å². The average Bonchev–Trinajstić information content (AvgIpc) is 2.23. The van der Waals surface area contributed by atoms with Gasteiger partial charge in [0.25, 0.3) is 0 Å². The summed E-state index contributed by atoms with van der Waals surface area (Å²) in [6.45, 7) is 0. The third-order valence-electron chi connectivity index (χ3n) is 1.93. The Labute approximate surface area is 95.8 Å². The number of anilines is 1. The van der Waals surface area contributed by atoms with Gasteiger partial charge in [0.1, 0.15) is 11.5 Å². The second-order valence-electron chi connectivity index (χ2n) is 3.25. The van der Waals surface area contributed by atoms with Crippen molar-refractivity contribution >= 4 is 11.6 Å². The lowest BCUT2D eigenvalue weighted by atomic mass is 10.2. The van der Waals surface area contributed by atoms with Crippen LogP contribution < -0.4 is 11.1 Å². The smallest absolute Gasteiger partial charge is 0.242 e. The van der Waals surface area contributed by atoms with Crippen molar-refractivity contribution in [1.82, 2.24) is 0 Å². The zero-order valence-corrected chi connectivity index (χ0v) is 8.64. The second kappa shape index (κ2) is 5.37. The van der Waals surface area contributed by atoms with Crippen molar-refractivity contribution in [2.24, 2.45) is 5.73 Å². The molecule has 1 rings (SSSR count). The van der Waals surface area contributed by atoms with Crippen LogP contribution in [0.2, 0.25) is 0 Å². The van der Waals surface area contributed by atoms with Crippen molar-refractivity contribution in [1.29, 1.82) is 0 Å². The maximum Gasteiger partial charge on any atom is 0.242 e. The van der Waals surface area contributed by atoms with E-state index >= 15 is 0 Å². The van der Waals surface area contributed by atoms with Crippen molar-refractivity contribution in [3.8, 4) is 12.3 Å². The van der Waals surface area contributed by atoms with Crippen molar-refractivity contribution in [3.63, 3.8) is 0 Å². The van der Waals surface area contributed by atoms with E-state index in [4.69, 9.17) is 12.2 Å². The fourth-order valence-electron chi connectivity index (χ4n) is 1.10. The first-order valence-electron chi connectivity index (χ1n) is 4.60. The molecule has 3 nitrogen and oxygen atoms in total. The van der Waals surface area contributed by atoms with Gasteiger partial charge >= 0.3 is 0 Å². The van der Waals surface area contributed by atoms with Gasteiger partial charge in [-0.05, 0) is 0 Å². The molecular weight excluding hydrogens is 233 g/mol. The summed E-state index contributed by atoms with van der Waals surface area (Å²) in [7, 11) is 0. The molecule has 17 heavy (non-hydrogen) atoms. The minimum absolute atomic E-state index is 0.0731. The molecule has 3 N–H and O–H groups in total. The Kier molecular flexibility index (Phi) is 4.12. The van der Waals surface area contributed by atoms with Gasteiger partial charge in [-0.3, -0.25) is 4.79 Å². The number of carbonyl (C=O) groups is 1. The lowest BCUT2D eigenvalue weighted by Gasteiger charge is -2.11. The van der Waals surface area contributed by atoms with Gasteiger partial charge in [0.15, 0.2) is 11.6 Å². The Bertz CT molecular complexity index is 459. The Morgan fingerprint density at radius 2 is 1.94 bits per heavy atom. The topological polar surface area (TPSA) is 55.1 Å². The molecule has 0 radical (unpaired) electrons. The predicted octanol–water partition coefficient (Wildman–Crippen LogP) is 1.39. The van der Waals surface area contributed by atoms with Crippen LogP contribution in [-0.4, -0.2) is 11.9 Å². The molecule has 0 aliphatic heterocycles. The Balaban J connectivity index is 2.90. The normalized spacial score (nSPS) is 11.7. The zero-order chi connectivity index (χ0) is 13.0. The van der Waals surface area contributed by atoms with E-state index < -0.39 is 35.1 Å². The van der Waals surface area contributed by atoms with Crippen LogP contribution in [0.5, 0.6) is 0 Å². The van der Waals surface area contributed by atoms with Crippen LogP contribution in [-0.2, 0) is 4.79 Å². The lowest BCUT2D eigenvalue weighted by molar-refractivity contribution is -0.117. The summed E-state index contributed by atoms with van der Waals surface area (Å²) < 4.78 is 38.9. The Morgan fingerprint density at radius 3 is 2.41 bits per heavy atom. The van der Waals surface area contributed by atoms with Gasteiger partial charge in [-0.25, -0.2) is 13.2 Å². The van der Waals surface area contributed by atoms with Crippen LogP contribution >= 0.6 is 0 Å². The third kappa shape index (κ3) is 3.23. The standard InChI is InChI=1S/C11H9F3N2O/c1-2-3-9(15)11(17)16-10-7(13)4-6(12)5-8(10)14/h1,4-5,9H,3,15H2,(H,16,17). The van der Waals surface area contributed by atoms with Crippen LogP contribution in [0.4, 0.5) is 18.9 Å². The fraction of sp³-hybridized carbons (Fsp3) is 0.182. The summed E-state index contributed by atoms with van der Waals surface area (Å²) in [6.07, 6.45) is 4.86. The molecule has 0 fully saturated rings. The van der Waals surface area contributed by atoms with Gasteiger partial charge in [-0.2, -0.15) is 0 Å². The summed E-state index contributed by atoms with van der Waals surface area (Å²) in [5.41, 5.74) is 4.59. The zero-order valence-electron chi connectivity index (χ0n) is 8.64. The number of hydrogen-bond donors (Lipinski definition) is 2. The summed E-state index contributed by atoms with van der Waals surface area (Å²) >= 11 is 0. The number of nitrogens with one attached hydrogen (secondary N) is 1. The molecule has 6 heteroatoms. The van der Waals surface area contributed by atoms with Crippen molar-refractivity contribution < 1.29 is 18.0 Å². The van der Waals surface area contributed by atoms with E-state index in [1.54, 1.807) is 0 Å². The fourth-order valence-corrected chi connectivity index (χ4v) is 1.10. The molecule has 0 saturated heterocycles. The highest BCUT2D eigenvalue weighted by Crippen LogP contribution is 2.20. The monoisotopic (exact) mass is 242 g/mol. The minimum atomic E-state index is -1.22. The van der Waals surface area contributed by atoms with E-state index in [0.29, 0.717) is 12.1 Å². The number of hydrogen-bond acceptors (Lipinski definition) is 2. The van der Waals surface area contributed by atoms with E-state index in [0.717, 1.165) is 0 Å². The molecule has 0 aliphatic carbocycles. The van der Waals surface area contributed by atoms with Crippen LogP contribution in [0, 0.1) is 29.8 Å². The maximum absolute atomic E-state index is 13.1. The number of carbonyl (C=O) groups excluding carboxylic acids is 1. The molecule has 0 heterocycles. The number of terminal acetylenes is 1. The number of benzene rings is 1. The van der Waals surface area contributed by atoms with Crippen LogP contribution in [0.3, 0.4) is 0 Å². The molecule has 1 aromatic carbocycles. The first kappa shape index (κ1) is 13.1. The molecule has 1 atom stereocenters. The van der Waals surface area contributed by atoms with E-state index in [2.05, 4.69) is 5.92 Å². The SMILES string of the molecule is C#CCC(N)C(=O)Nc1c(F)cc(F)cc1F. The molecule has 1 aromatic rings. The predicted molar refractivity (Wildman–Crippen MR) is 56.4 cm³/mol. The quantitative estimate of drug-likeness (QED) is 0.787. The number of amides is 1. The van der Waals surface area contributed by atoms with Crippen molar-refractivity contribution in [2.45, 2.75) is 12.5 Å². The number of rotatable bonds is 3.